The number of ether oxygens (including phenoxy) is 1. The van der Waals surface area contributed by atoms with Crippen molar-refractivity contribution in [3.8, 4) is 0 Å². The summed E-state index contributed by atoms with van der Waals surface area (Å²) in [4.78, 5) is 28.6. The minimum absolute atomic E-state index is 0.0426. The Morgan fingerprint density at radius 2 is 1.86 bits per heavy atom. The van der Waals surface area contributed by atoms with Crippen molar-refractivity contribution in [1.29, 1.82) is 0 Å². The van der Waals surface area contributed by atoms with Crippen LogP contribution in [0.4, 0.5) is 8.78 Å². The highest BCUT2D eigenvalue weighted by Crippen LogP contribution is 2.26. The molecule has 2 fully saturated rings. The molecule has 0 aliphatic carbocycles. The molecule has 42 heavy (non-hydrogen) atoms. The lowest BCUT2D eigenvalue weighted by Gasteiger charge is -2.30. The number of sulfonamides is 1. The van der Waals surface area contributed by atoms with Gasteiger partial charge in [-0.3, -0.25) is 9.59 Å². The number of carbonyl (C=O) groups is 2. The molecule has 13 heteroatoms. The van der Waals surface area contributed by atoms with Gasteiger partial charge < -0.3 is 20.3 Å². The molecule has 0 aromatic heterocycles. The van der Waals surface area contributed by atoms with E-state index in [0.29, 0.717) is 34.4 Å². The second-order valence-electron chi connectivity index (χ2n) is 11.0. The van der Waals surface area contributed by atoms with Crippen molar-refractivity contribution in [2.75, 3.05) is 25.9 Å². The average molecular weight is 672 g/mol. The van der Waals surface area contributed by atoms with Gasteiger partial charge in [-0.05, 0) is 74.5 Å². The molecule has 2 aliphatic heterocycles. The minimum atomic E-state index is -3.72. The molecule has 3 atom stereocenters. The largest absolute Gasteiger partial charge is 0.371 e. The van der Waals surface area contributed by atoms with Crippen LogP contribution in [-0.4, -0.2) is 69.2 Å². The molecule has 230 valence electrons. The third-order valence-electron chi connectivity index (χ3n) is 7.69. The molecule has 0 radical (unpaired) electrons. The molecule has 3 N–H and O–H groups in total. The van der Waals surface area contributed by atoms with Crippen LogP contribution in [0.2, 0.25) is 0 Å². The molecule has 2 saturated heterocycles. The maximum absolute atomic E-state index is 14.4. The van der Waals surface area contributed by atoms with E-state index < -0.39 is 51.7 Å². The van der Waals surface area contributed by atoms with E-state index in [2.05, 4.69) is 31.3 Å². The Labute approximate surface area is 253 Å². The van der Waals surface area contributed by atoms with Crippen LogP contribution in [0.5, 0.6) is 0 Å². The Morgan fingerprint density at radius 1 is 1.14 bits per heavy atom. The minimum Gasteiger partial charge on any atom is -0.371 e. The Bertz CT molecular complexity index is 1340. The summed E-state index contributed by atoms with van der Waals surface area (Å²) in [5.74, 6) is -1.41. The highest BCUT2D eigenvalue weighted by atomic mass is 79.9. The summed E-state index contributed by atoms with van der Waals surface area (Å²) in [5, 5.41) is 6.10. The van der Waals surface area contributed by atoms with Crippen LogP contribution in [0.15, 0.2) is 46.9 Å². The van der Waals surface area contributed by atoms with Crippen LogP contribution in [0.1, 0.15) is 43.2 Å². The smallest absolute Gasteiger partial charge is 0.243 e. The fourth-order valence-electron chi connectivity index (χ4n) is 5.43. The first-order chi connectivity index (χ1) is 20.0. The Hall–Kier alpha value is -2.45. The SMILES string of the molecule is CS(=O)(=O)N[C@H](CCC1CCNCC1)C(=O)N1C[C@H](OCc2ccc(Br)cc2F)C[C@@H]1C(=O)NCc1ccc(F)cc1. The topological polar surface area (TPSA) is 117 Å². The standard InChI is InChI=1S/C29H37BrF2N4O5S/c1-42(39,40)35-26(9-4-19-10-12-33-13-11-19)29(38)36-17-24(41-18-21-5-6-22(30)14-25(21)32)15-27(36)28(37)34-16-20-2-7-23(31)8-3-20/h2-3,5-8,14,19,24,26-27,33,35H,4,9-13,15-18H2,1H3,(H,34,37)/t24-,26-,27-/m1/s1. The highest BCUT2D eigenvalue weighted by Gasteiger charge is 2.42. The summed E-state index contributed by atoms with van der Waals surface area (Å²) >= 11 is 3.23. The third-order valence-corrected chi connectivity index (χ3v) is 8.90. The van der Waals surface area contributed by atoms with Gasteiger partial charge in [0.1, 0.15) is 23.7 Å². The number of halogens is 3. The molecular formula is C29H37BrF2N4O5S. The van der Waals surface area contributed by atoms with Gasteiger partial charge in [0, 0.05) is 29.5 Å². The van der Waals surface area contributed by atoms with Crippen LogP contribution >= 0.6 is 15.9 Å². The van der Waals surface area contributed by atoms with Crippen molar-refractivity contribution in [3.63, 3.8) is 0 Å². The second kappa shape index (κ2) is 14.8. The first-order valence-electron chi connectivity index (χ1n) is 14.0. The highest BCUT2D eigenvalue weighted by molar-refractivity contribution is 9.10. The fourth-order valence-corrected chi connectivity index (χ4v) is 6.50. The van der Waals surface area contributed by atoms with Crippen molar-refractivity contribution >= 4 is 37.8 Å². The predicted octanol–water partition coefficient (Wildman–Crippen LogP) is 3.23. The first kappa shape index (κ1) is 32.5. The van der Waals surface area contributed by atoms with Gasteiger partial charge >= 0.3 is 0 Å². The van der Waals surface area contributed by atoms with E-state index in [1.54, 1.807) is 24.3 Å². The number of carbonyl (C=O) groups excluding carboxylic acids is 2. The molecule has 0 spiro atoms. The molecule has 2 aliphatic rings. The van der Waals surface area contributed by atoms with Gasteiger partial charge in [-0.15, -0.1) is 0 Å². The first-order valence-corrected chi connectivity index (χ1v) is 16.7. The van der Waals surface area contributed by atoms with Crippen molar-refractivity contribution in [1.82, 2.24) is 20.3 Å². The zero-order valence-electron chi connectivity index (χ0n) is 23.5. The summed E-state index contributed by atoms with van der Waals surface area (Å²) in [7, 11) is -3.72. The van der Waals surface area contributed by atoms with Crippen molar-refractivity contribution < 1.29 is 31.5 Å². The van der Waals surface area contributed by atoms with E-state index in [-0.39, 0.29) is 26.1 Å². The van der Waals surface area contributed by atoms with Crippen molar-refractivity contribution in [2.45, 2.75) is 63.4 Å². The van der Waals surface area contributed by atoms with Crippen LogP contribution < -0.4 is 15.4 Å². The monoisotopic (exact) mass is 670 g/mol. The molecule has 9 nitrogen and oxygen atoms in total. The van der Waals surface area contributed by atoms with Crippen LogP contribution in [0.3, 0.4) is 0 Å². The number of hydrogen-bond donors (Lipinski definition) is 3. The van der Waals surface area contributed by atoms with E-state index in [1.807, 2.05) is 0 Å². The molecule has 0 unspecified atom stereocenters. The Morgan fingerprint density at radius 3 is 2.52 bits per heavy atom. The number of hydrogen-bond acceptors (Lipinski definition) is 6. The molecule has 2 aromatic rings. The molecule has 0 saturated carbocycles. The van der Waals surface area contributed by atoms with Crippen molar-refractivity contribution in [3.05, 3.63) is 69.7 Å². The second-order valence-corrected chi connectivity index (χ2v) is 13.7. The van der Waals surface area contributed by atoms with Gasteiger partial charge in [0.2, 0.25) is 21.8 Å². The Balaban J connectivity index is 1.49. The van der Waals surface area contributed by atoms with Gasteiger partial charge in [-0.2, -0.15) is 0 Å². The number of amides is 2. The quantitative estimate of drug-likeness (QED) is 0.319. The van der Waals surface area contributed by atoms with Crippen LogP contribution in [0.25, 0.3) is 0 Å². The van der Waals surface area contributed by atoms with Crippen LogP contribution in [0, 0.1) is 17.6 Å². The average Bonchev–Trinajstić information content (AvgIpc) is 3.38. The number of benzene rings is 2. The molecule has 0 bridgehead atoms. The molecule has 4 rings (SSSR count). The number of rotatable bonds is 12. The van der Waals surface area contributed by atoms with E-state index in [0.717, 1.165) is 32.2 Å². The van der Waals surface area contributed by atoms with Gasteiger partial charge in [0.25, 0.3) is 0 Å². The molecular weight excluding hydrogens is 634 g/mol. The Kier molecular flexibility index (Phi) is 11.5. The van der Waals surface area contributed by atoms with Gasteiger partial charge in [0.05, 0.1) is 19.0 Å². The van der Waals surface area contributed by atoms with Gasteiger partial charge in [-0.1, -0.05) is 34.1 Å². The maximum Gasteiger partial charge on any atom is 0.243 e. The maximum atomic E-state index is 14.4. The summed E-state index contributed by atoms with van der Waals surface area (Å²) in [6.45, 7) is 1.86. The van der Waals surface area contributed by atoms with E-state index in [1.165, 1.54) is 23.1 Å². The van der Waals surface area contributed by atoms with E-state index in [4.69, 9.17) is 4.74 Å². The normalized spacial score (nSPS) is 20.4. The van der Waals surface area contributed by atoms with Gasteiger partial charge in [-0.25, -0.2) is 21.9 Å². The summed E-state index contributed by atoms with van der Waals surface area (Å²) in [5.41, 5.74) is 1.01. The van der Waals surface area contributed by atoms with E-state index in [9.17, 15) is 26.8 Å². The third kappa shape index (κ3) is 9.53. The summed E-state index contributed by atoms with van der Waals surface area (Å²) < 4.78 is 61.2. The zero-order valence-corrected chi connectivity index (χ0v) is 25.9. The van der Waals surface area contributed by atoms with Gasteiger partial charge in [0.15, 0.2) is 0 Å². The van der Waals surface area contributed by atoms with Crippen molar-refractivity contribution in [2.24, 2.45) is 5.92 Å². The molecule has 2 heterocycles. The number of nitrogens with zero attached hydrogens (tertiary/aromatic N) is 1. The fraction of sp³-hybridized carbons (Fsp3) is 0.517. The zero-order chi connectivity index (χ0) is 30.3. The molecule has 2 amide bonds. The summed E-state index contributed by atoms with van der Waals surface area (Å²) in [6, 6.07) is 8.35. The number of piperidine rings is 1. The van der Waals surface area contributed by atoms with Crippen LogP contribution in [-0.2, 0) is 37.5 Å². The molecule has 2 aromatic carbocycles. The summed E-state index contributed by atoms with van der Waals surface area (Å²) in [6.07, 6.45) is 3.43. The predicted molar refractivity (Wildman–Crippen MR) is 158 cm³/mol. The number of likely N-dealkylation sites (tertiary alicyclic amines) is 1. The lowest BCUT2D eigenvalue weighted by Crippen LogP contribution is -2.53. The lowest BCUT2D eigenvalue weighted by molar-refractivity contribution is -0.140. The lowest BCUT2D eigenvalue weighted by atomic mass is 9.91. The number of nitrogens with one attached hydrogen (secondary N) is 3. The van der Waals surface area contributed by atoms with E-state index >= 15 is 0 Å².